The van der Waals surface area contributed by atoms with Crippen LogP contribution >= 0.6 is 11.6 Å². The molecule has 1 saturated heterocycles. The van der Waals surface area contributed by atoms with Gasteiger partial charge < -0.3 is 5.32 Å². The van der Waals surface area contributed by atoms with Crippen LogP contribution in [-0.4, -0.2) is 46.9 Å². The Balaban J connectivity index is 1.13. The molecule has 1 fully saturated rings. The summed E-state index contributed by atoms with van der Waals surface area (Å²) in [5, 5.41) is 3.55. The SMILES string of the molecule is O=C1NCc2cc(CN3CCN(Cc4ccc(-c5ccc(Cl)cn5)cc4)CC3)ccc21. The molecule has 158 valence electrons. The second kappa shape index (κ2) is 8.79. The highest BCUT2D eigenvalue weighted by Crippen LogP contribution is 2.21. The molecular formula is C25H25ClN4O. The van der Waals surface area contributed by atoms with Gasteiger partial charge in [-0.25, -0.2) is 0 Å². The van der Waals surface area contributed by atoms with E-state index in [0.29, 0.717) is 11.6 Å². The molecule has 2 aliphatic rings. The molecule has 1 N–H and O–H groups in total. The Kier molecular flexibility index (Phi) is 5.72. The van der Waals surface area contributed by atoms with Gasteiger partial charge in [-0.3, -0.25) is 19.6 Å². The summed E-state index contributed by atoms with van der Waals surface area (Å²) in [5.41, 5.74) is 6.61. The Hall–Kier alpha value is -2.73. The van der Waals surface area contributed by atoms with E-state index in [9.17, 15) is 4.79 Å². The van der Waals surface area contributed by atoms with Crippen LogP contribution in [0.3, 0.4) is 0 Å². The van der Waals surface area contributed by atoms with E-state index in [1.165, 1.54) is 11.1 Å². The first-order valence-corrected chi connectivity index (χ1v) is 11.1. The molecule has 3 aromatic rings. The number of hydrogen-bond acceptors (Lipinski definition) is 4. The van der Waals surface area contributed by atoms with Crippen LogP contribution in [0.1, 0.15) is 27.0 Å². The lowest BCUT2D eigenvalue weighted by atomic mass is 10.1. The van der Waals surface area contributed by atoms with Crippen LogP contribution in [0.4, 0.5) is 0 Å². The second-order valence-electron chi connectivity index (χ2n) is 8.29. The third-order valence-corrected chi connectivity index (χ3v) is 6.33. The summed E-state index contributed by atoms with van der Waals surface area (Å²) in [5.74, 6) is 0.0487. The van der Waals surface area contributed by atoms with Gasteiger partial charge in [0.2, 0.25) is 0 Å². The number of halogens is 1. The van der Waals surface area contributed by atoms with Crippen LogP contribution in [0.15, 0.2) is 60.8 Å². The first kappa shape index (κ1) is 20.2. The number of pyridine rings is 1. The third-order valence-electron chi connectivity index (χ3n) is 6.11. The Morgan fingerprint density at radius 1 is 0.871 bits per heavy atom. The summed E-state index contributed by atoms with van der Waals surface area (Å²) in [6.07, 6.45) is 1.68. The smallest absolute Gasteiger partial charge is 0.251 e. The molecule has 0 atom stereocenters. The van der Waals surface area contributed by atoms with Crippen LogP contribution in [-0.2, 0) is 19.6 Å². The molecule has 0 spiro atoms. The average molecular weight is 433 g/mol. The maximum Gasteiger partial charge on any atom is 0.251 e. The quantitative estimate of drug-likeness (QED) is 0.663. The number of hydrogen-bond donors (Lipinski definition) is 1. The average Bonchev–Trinajstić information content (AvgIpc) is 3.16. The Morgan fingerprint density at radius 2 is 1.55 bits per heavy atom. The second-order valence-corrected chi connectivity index (χ2v) is 8.72. The predicted octanol–water partition coefficient (Wildman–Crippen LogP) is 3.96. The number of nitrogens with zero attached hydrogens (tertiary/aromatic N) is 3. The van der Waals surface area contributed by atoms with Crippen molar-refractivity contribution in [2.75, 3.05) is 26.2 Å². The Bertz CT molecular complexity index is 1070. The molecule has 0 unspecified atom stereocenters. The van der Waals surface area contributed by atoms with E-state index in [1.54, 1.807) is 6.20 Å². The number of aromatic nitrogens is 1. The lowest BCUT2D eigenvalue weighted by Crippen LogP contribution is -2.45. The van der Waals surface area contributed by atoms with Crippen molar-refractivity contribution in [2.45, 2.75) is 19.6 Å². The molecular weight excluding hydrogens is 408 g/mol. The minimum atomic E-state index is 0.0487. The number of piperazine rings is 1. The van der Waals surface area contributed by atoms with E-state index in [2.05, 4.69) is 56.5 Å². The number of benzene rings is 2. The molecule has 6 heteroatoms. The Morgan fingerprint density at radius 3 is 2.23 bits per heavy atom. The summed E-state index contributed by atoms with van der Waals surface area (Å²) < 4.78 is 0. The molecule has 3 heterocycles. The predicted molar refractivity (Wildman–Crippen MR) is 123 cm³/mol. The fourth-order valence-corrected chi connectivity index (χ4v) is 4.45. The van der Waals surface area contributed by atoms with Gasteiger partial charge in [-0.15, -0.1) is 0 Å². The van der Waals surface area contributed by atoms with Crippen molar-refractivity contribution >= 4 is 17.5 Å². The number of fused-ring (bicyclic) bond motifs is 1. The van der Waals surface area contributed by atoms with Gasteiger partial charge in [0.15, 0.2) is 0 Å². The summed E-state index contributed by atoms with van der Waals surface area (Å²) in [4.78, 5) is 21.1. The molecule has 31 heavy (non-hydrogen) atoms. The zero-order valence-electron chi connectivity index (χ0n) is 17.4. The third kappa shape index (κ3) is 4.64. The lowest BCUT2D eigenvalue weighted by molar-refractivity contribution is 0.0965. The van der Waals surface area contributed by atoms with Gasteiger partial charge in [-0.2, -0.15) is 0 Å². The number of rotatable bonds is 5. The van der Waals surface area contributed by atoms with Crippen LogP contribution in [0.5, 0.6) is 0 Å². The van der Waals surface area contributed by atoms with Crippen molar-refractivity contribution < 1.29 is 4.79 Å². The summed E-state index contributed by atoms with van der Waals surface area (Å²) in [6.45, 7) is 6.80. The molecule has 1 aromatic heterocycles. The van der Waals surface area contributed by atoms with E-state index in [4.69, 9.17) is 11.6 Å². The van der Waals surface area contributed by atoms with E-state index >= 15 is 0 Å². The first-order chi connectivity index (χ1) is 15.1. The monoisotopic (exact) mass is 432 g/mol. The zero-order valence-corrected chi connectivity index (χ0v) is 18.1. The van der Waals surface area contributed by atoms with Crippen LogP contribution in [0.2, 0.25) is 5.02 Å². The van der Waals surface area contributed by atoms with Gasteiger partial charge in [0.1, 0.15) is 0 Å². The highest BCUT2D eigenvalue weighted by molar-refractivity contribution is 6.30. The molecule has 2 aliphatic heterocycles. The van der Waals surface area contributed by atoms with Crippen molar-refractivity contribution in [3.8, 4) is 11.3 Å². The summed E-state index contributed by atoms with van der Waals surface area (Å²) in [6, 6.07) is 18.7. The van der Waals surface area contributed by atoms with E-state index in [-0.39, 0.29) is 5.91 Å². The summed E-state index contributed by atoms with van der Waals surface area (Å²) in [7, 11) is 0. The molecule has 5 rings (SSSR count). The van der Waals surface area contributed by atoms with Gasteiger partial charge in [0.25, 0.3) is 5.91 Å². The molecule has 0 aliphatic carbocycles. The van der Waals surface area contributed by atoms with Crippen molar-refractivity contribution in [1.82, 2.24) is 20.1 Å². The van der Waals surface area contributed by atoms with E-state index < -0.39 is 0 Å². The van der Waals surface area contributed by atoms with Crippen LogP contribution in [0, 0.1) is 0 Å². The number of nitrogens with one attached hydrogen (secondary N) is 1. The van der Waals surface area contributed by atoms with Gasteiger partial charge >= 0.3 is 0 Å². The van der Waals surface area contributed by atoms with Gasteiger partial charge in [0, 0.05) is 63.1 Å². The van der Waals surface area contributed by atoms with Crippen molar-refractivity contribution in [3.63, 3.8) is 0 Å². The van der Waals surface area contributed by atoms with Crippen molar-refractivity contribution in [3.05, 3.63) is 88.1 Å². The fraction of sp³-hybridized carbons (Fsp3) is 0.280. The highest BCUT2D eigenvalue weighted by atomic mass is 35.5. The summed E-state index contributed by atoms with van der Waals surface area (Å²) >= 11 is 5.93. The molecule has 0 radical (unpaired) electrons. The molecule has 1 amide bonds. The maximum absolute atomic E-state index is 11.7. The van der Waals surface area contributed by atoms with Crippen LogP contribution < -0.4 is 5.32 Å². The number of amides is 1. The van der Waals surface area contributed by atoms with Gasteiger partial charge in [0.05, 0.1) is 10.7 Å². The van der Waals surface area contributed by atoms with E-state index in [0.717, 1.165) is 61.7 Å². The molecule has 5 nitrogen and oxygen atoms in total. The molecule has 0 bridgehead atoms. The minimum absolute atomic E-state index is 0.0487. The normalized spacial score (nSPS) is 16.9. The molecule has 0 saturated carbocycles. The van der Waals surface area contributed by atoms with Crippen LogP contribution in [0.25, 0.3) is 11.3 Å². The standard InChI is InChI=1S/C25H25ClN4O/c26-22-6-8-24(27-15-22)20-4-1-18(2-5-20)16-29-9-11-30(12-10-29)17-19-3-7-23-21(13-19)14-28-25(23)31/h1-8,13,15H,9-12,14,16-17H2,(H,28,31). The first-order valence-electron chi connectivity index (χ1n) is 10.7. The van der Waals surface area contributed by atoms with Gasteiger partial charge in [-0.05, 0) is 34.9 Å². The highest BCUT2D eigenvalue weighted by Gasteiger charge is 2.21. The fourth-order valence-electron chi connectivity index (χ4n) is 4.33. The van der Waals surface area contributed by atoms with Crippen molar-refractivity contribution in [2.24, 2.45) is 0 Å². The zero-order chi connectivity index (χ0) is 21.2. The van der Waals surface area contributed by atoms with E-state index in [1.807, 2.05) is 18.2 Å². The lowest BCUT2D eigenvalue weighted by Gasteiger charge is -2.34. The minimum Gasteiger partial charge on any atom is -0.348 e. The largest absolute Gasteiger partial charge is 0.348 e. The topological polar surface area (TPSA) is 48.5 Å². The maximum atomic E-state index is 11.7. The number of carbonyl (C=O) groups is 1. The van der Waals surface area contributed by atoms with Crippen molar-refractivity contribution in [1.29, 1.82) is 0 Å². The Labute approximate surface area is 187 Å². The van der Waals surface area contributed by atoms with Gasteiger partial charge in [-0.1, -0.05) is 48.0 Å². The number of carbonyl (C=O) groups excluding carboxylic acids is 1. The molecule has 2 aromatic carbocycles.